The van der Waals surface area contributed by atoms with Crippen molar-refractivity contribution in [3.8, 4) is 16.9 Å². The number of nitrogen functional groups attached to an aromatic ring is 1. The topological polar surface area (TPSA) is 134 Å². The van der Waals surface area contributed by atoms with Crippen LogP contribution in [0.25, 0.3) is 11.1 Å². The van der Waals surface area contributed by atoms with Crippen molar-refractivity contribution in [2.75, 3.05) is 25.6 Å². The highest BCUT2D eigenvalue weighted by atomic mass is 32.2. The summed E-state index contributed by atoms with van der Waals surface area (Å²) in [5, 5.41) is 10.8. The highest BCUT2D eigenvalue weighted by Gasteiger charge is 2.19. The monoisotopic (exact) mass is 480 g/mol. The third-order valence-electron chi connectivity index (χ3n) is 5.27. The lowest BCUT2D eigenvalue weighted by molar-refractivity contribution is 0.0937. The molecule has 3 rings (SSSR count). The molecule has 1 atom stereocenters. The van der Waals surface area contributed by atoms with Crippen LogP contribution in [0.5, 0.6) is 5.75 Å². The smallest absolute Gasteiger partial charge is 0.251 e. The van der Waals surface area contributed by atoms with Crippen molar-refractivity contribution in [2.45, 2.75) is 13.0 Å². The van der Waals surface area contributed by atoms with Crippen LogP contribution in [0.4, 0.5) is 5.69 Å². The Morgan fingerprint density at radius 3 is 2.44 bits per heavy atom. The molecule has 0 heterocycles. The number of sulfonamides is 1. The molecule has 0 fully saturated rings. The molecule has 5 N–H and O–H groups in total. The van der Waals surface area contributed by atoms with Gasteiger partial charge < -0.3 is 21.2 Å². The molecule has 1 amide bonds. The summed E-state index contributed by atoms with van der Waals surface area (Å²) in [6, 6.07) is 19.0. The third-order valence-corrected chi connectivity index (χ3v) is 5.96. The van der Waals surface area contributed by atoms with Gasteiger partial charge in [0.1, 0.15) is 5.75 Å². The van der Waals surface area contributed by atoms with Gasteiger partial charge in [0.05, 0.1) is 19.4 Å². The molecule has 8 nitrogen and oxygen atoms in total. The van der Waals surface area contributed by atoms with Crippen LogP contribution >= 0.6 is 0 Å². The lowest BCUT2D eigenvalue weighted by atomic mass is 9.98. The fourth-order valence-electron chi connectivity index (χ4n) is 3.49. The minimum Gasteiger partial charge on any atom is -0.497 e. The molecule has 0 bridgehead atoms. The Morgan fingerprint density at radius 2 is 1.76 bits per heavy atom. The van der Waals surface area contributed by atoms with Gasteiger partial charge in [-0.1, -0.05) is 30.3 Å². The maximum absolute atomic E-state index is 13.1. The van der Waals surface area contributed by atoms with E-state index in [1.807, 2.05) is 18.2 Å². The molecule has 1 unspecified atom stereocenters. The molecule has 0 radical (unpaired) electrons. The van der Waals surface area contributed by atoms with Gasteiger partial charge in [-0.3, -0.25) is 4.79 Å². The second-order valence-electron chi connectivity index (χ2n) is 7.93. The number of carbonyl (C=O) groups is 1. The molecule has 9 heteroatoms. The van der Waals surface area contributed by atoms with Crippen LogP contribution in [0.2, 0.25) is 0 Å². The number of benzene rings is 3. The van der Waals surface area contributed by atoms with E-state index >= 15 is 0 Å². The largest absolute Gasteiger partial charge is 0.497 e. The summed E-state index contributed by atoms with van der Waals surface area (Å²) >= 11 is 0. The summed E-state index contributed by atoms with van der Waals surface area (Å²) in [6.07, 6.45) is 1.07. The molecule has 0 aliphatic carbocycles. The number of nitrogens with two attached hydrogens (primary N) is 1. The molecule has 0 aromatic heterocycles. The second-order valence-corrected chi connectivity index (χ2v) is 9.76. The quantitative estimate of drug-likeness (QED) is 0.275. The number of hydrogen-bond donors (Lipinski definition) is 4. The van der Waals surface area contributed by atoms with E-state index in [0.29, 0.717) is 33.8 Å². The SMILES string of the molecule is COc1cccc(C(CNS(C)(=O)=O)NC(=O)c2cccc(-c3ccc(N)c(C(C)=N)c3)c2)c1. The Kier molecular flexibility index (Phi) is 7.70. The van der Waals surface area contributed by atoms with Gasteiger partial charge in [-0.05, 0) is 60.0 Å². The number of hydrogen-bond acceptors (Lipinski definition) is 6. The van der Waals surface area contributed by atoms with Gasteiger partial charge in [0, 0.05) is 29.1 Å². The van der Waals surface area contributed by atoms with E-state index in [0.717, 1.165) is 17.4 Å². The lowest BCUT2D eigenvalue weighted by Gasteiger charge is -2.20. The lowest BCUT2D eigenvalue weighted by Crippen LogP contribution is -2.37. The molecule has 3 aromatic carbocycles. The molecular formula is C25H28N4O4S. The van der Waals surface area contributed by atoms with Gasteiger partial charge in [0.15, 0.2) is 0 Å². The van der Waals surface area contributed by atoms with Crippen molar-refractivity contribution in [1.29, 1.82) is 5.41 Å². The summed E-state index contributed by atoms with van der Waals surface area (Å²) in [5.41, 5.74) is 10.2. The van der Waals surface area contributed by atoms with Crippen molar-refractivity contribution in [1.82, 2.24) is 10.0 Å². The van der Waals surface area contributed by atoms with Crippen LogP contribution in [-0.4, -0.2) is 39.9 Å². The number of amides is 1. The predicted octanol–water partition coefficient (Wildman–Crippen LogP) is 3.35. The molecule has 0 spiro atoms. The van der Waals surface area contributed by atoms with Gasteiger partial charge in [-0.2, -0.15) is 0 Å². The number of methoxy groups -OCH3 is 1. The number of nitrogens with one attached hydrogen (secondary N) is 3. The third kappa shape index (κ3) is 6.43. The van der Waals surface area contributed by atoms with E-state index in [1.54, 1.807) is 55.5 Å². The number of rotatable bonds is 9. The molecule has 3 aromatic rings. The van der Waals surface area contributed by atoms with Crippen LogP contribution in [-0.2, 0) is 10.0 Å². The standard InChI is InChI=1S/C25H28N4O4S/c1-16(26)22-14-18(10-11-23(22)27)17-6-4-8-20(12-17)25(30)29-24(15-28-34(3,31)32)19-7-5-9-21(13-19)33-2/h4-14,24,26,28H,15,27H2,1-3H3,(H,29,30). The molecule has 0 aliphatic heterocycles. The van der Waals surface area contributed by atoms with E-state index in [2.05, 4.69) is 10.0 Å². The van der Waals surface area contributed by atoms with Crippen LogP contribution in [0.15, 0.2) is 66.7 Å². The van der Waals surface area contributed by atoms with Crippen LogP contribution in [0, 0.1) is 5.41 Å². The van der Waals surface area contributed by atoms with Crippen molar-refractivity contribution >= 4 is 27.3 Å². The maximum atomic E-state index is 13.1. The zero-order valence-electron chi connectivity index (χ0n) is 19.3. The Labute approximate surface area is 199 Å². The van der Waals surface area contributed by atoms with Crippen LogP contribution in [0.3, 0.4) is 0 Å². The first-order chi connectivity index (χ1) is 16.1. The van der Waals surface area contributed by atoms with Gasteiger partial charge in [-0.15, -0.1) is 0 Å². The average Bonchev–Trinajstić information content (AvgIpc) is 2.81. The van der Waals surface area contributed by atoms with Crippen LogP contribution < -0.4 is 20.5 Å². The summed E-state index contributed by atoms with van der Waals surface area (Å²) < 4.78 is 31.1. The number of carbonyl (C=O) groups excluding carboxylic acids is 1. The normalized spacial score (nSPS) is 12.1. The first-order valence-electron chi connectivity index (χ1n) is 10.5. The van der Waals surface area contributed by atoms with Crippen LogP contribution in [0.1, 0.15) is 34.5 Å². The summed E-state index contributed by atoms with van der Waals surface area (Å²) in [6.45, 7) is 1.65. The Hall–Kier alpha value is -3.69. The average molecular weight is 481 g/mol. The highest BCUT2D eigenvalue weighted by molar-refractivity contribution is 7.88. The fraction of sp³-hybridized carbons (Fsp3) is 0.200. The maximum Gasteiger partial charge on any atom is 0.251 e. The van der Waals surface area contributed by atoms with E-state index in [9.17, 15) is 13.2 Å². The number of ether oxygens (including phenoxy) is 1. The fourth-order valence-corrected chi connectivity index (χ4v) is 3.96. The zero-order chi connectivity index (χ0) is 24.9. The zero-order valence-corrected chi connectivity index (χ0v) is 20.1. The minimum atomic E-state index is -3.46. The molecule has 0 saturated heterocycles. The van der Waals surface area contributed by atoms with Gasteiger partial charge in [0.25, 0.3) is 5.91 Å². The Morgan fingerprint density at radius 1 is 1.06 bits per heavy atom. The van der Waals surface area contributed by atoms with Gasteiger partial charge in [-0.25, -0.2) is 13.1 Å². The van der Waals surface area contributed by atoms with E-state index < -0.39 is 16.1 Å². The molecule has 178 valence electrons. The second kappa shape index (κ2) is 10.5. The molecular weight excluding hydrogens is 452 g/mol. The minimum absolute atomic E-state index is 0.0165. The molecule has 0 aliphatic rings. The Balaban J connectivity index is 1.89. The number of anilines is 1. The van der Waals surface area contributed by atoms with Crippen molar-refractivity contribution in [3.63, 3.8) is 0 Å². The summed E-state index contributed by atoms with van der Waals surface area (Å²) in [4.78, 5) is 13.1. The Bertz CT molecular complexity index is 1320. The van der Waals surface area contributed by atoms with E-state index in [1.165, 1.54) is 7.11 Å². The molecule has 34 heavy (non-hydrogen) atoms. The summed E-state index contributed by atoms with van der Waals surface area (Å²) in [7, 11) is -1.92. The van der Waals surface area contributed by atoms with Gasteiger partial charge >= 0.3 is 0 Å². The van der Waals surface area contributed by atoms with E-state index in [4.69, 9.17) is 15.9 Å². The molecule has 0 saturated carbocycles. The predicted molar refractivity (Wildman–Crippen MR) is 135 cm³/mol. The highest BCUT2D eigenvalue weighted by Crippen LogP contribution is 2.26. The van der Waals surface area contributed by atoms with Crippen molar-refractivity contribution in [2.24, 2.45) is 0 Å². The van der Waals surface area contributed by atoms with E-state index in [-0.39, 0.29) is 12.5 Å². The van der Waals surface area contributed by atoms with Crippen molar-refractivity contribution < 1.29 is 17.9 Å². The van der Waals surface area contributed by atoms with Crippen molar-refractivity contribution in [3.05, 3.63) is 83.4 Å². The first kappa shape index (κ1) is 24.9. The summed E-state index contributed by atoms with van der Waals surface area (Å²) in [5.74, 6) is 0.239. The van der Waals surface area contributed by atoms with Gasteiger partial charge in [0.2, 0.25) is 10.0 Å². The first-order valence-corrected chi connectivity index (χ1v) is 12.4.